The quantitative estimate of drug-likeness (QED) is 0.120. The van der Waals surface area contributed by atoms with E-state index in [1.807, 2.05) is 0 Å². The molecular formula is C70H44. The topological polar surface area (TPSA) is 0 Å². The highest BCUT2D eigenvalue weighted by Gasteiger charge is 2.32. The van der Waals surface area contributed by atoms with E-state index >= 15 is 0 Å². The maximum atomic E-state index is 2.50. The van der Waals surface area contributed by atoms with Crippen molar-refractivity contribution in [3.63, 3.8) is 0 Å². The average molecular weight is 885 g/mol. The van der Waals surface area contributed by atoms with Gasteiger partial charge in [-0.2, -0.15) is 0 Å². The van der Waals surface area contributed by atoms with Crippen LogP contribution in [-0.4, -0.2) is 0 Å². The van der Waals surface area contributed by atoms with Crippen molar-refractivity contribution in [1.29, 1.82) is 0 Å². The summed E-state index contributed by atoms with van der Waals surface area (Å²) >= 11 is 0. The minimum absolute atomic E-state index is 1.27. The van der Waals surface area contributed by atoms with E-state index in [0.29, 0.717) is 0 Å². The van der Waals surface area contributed by atoms with Gasteiger partial charge in [0.25, 0.3) is 0 Å². The van der Waals surface area contributed by atoms with Crippen LogP contribution in [0.5, 0.6) is 0 Å². The lowest BCUT2D eigenvalue weighted by Crippen LogP contribution is -1.89. The summed E-state index contributed by atoms with van der Waals surface area (Å²) in [4.78, 5) is 0. The summed E-state index contributed by atoms with van der Waals surface area (Å²) in [6.45, 7) is 13.5. The fourth-order valence-corrected chi connectivity index (χ4v) is 14.7. The highest BCUT2D eigenvalue weighted by molar-refractivity contribution is 6.51. The van der Waals surface area contributed by atoms with E-state index in [4.69, 9.17) is 0 Å². The molecule has 16 aromatic carbocycles. The highest BCUT2D eigenvalue weighted by Crippen LogP contribution is 2.60. The molecule has 0 heterocycles. The zero-order chi connectivity index (χ0) is 46.3. The first-order valence-corrected chi connectivity index (χ1v) is 25.1. The lowest BCUT2D eigenvalue weighted by Gasteiger charge is -2.16. The molecule has 70 heavy (non-hydrogen) atoms. The summed E-state index contributed by atoms with van der Waals surface area (Å²) in [6, 6.07) is 62.6. The molecule has 17 rings (SSSR count). The zero-order valence-electron chi connectivity index (χ0n) is 40.0. The summed E-state index contributed by atoms with van der Waals surface area (Å²) < 4.78 is 0. The second kappa shape index (κ2) is 12.5. The van der Waals surface area contributed by atoms with Gasteiger partial charge in [0.05, 0.1) is 0 Å². The first-order chi connectivity index (χ1) is 34.2. The van der Waals surface area contributed by atoms with Gasteiger partial charge in [0.15, 0.2) is 0 Å². The van der Waals surface area contributed by atoms with Crippen molar-refractivity contribution < 1.29 is 0 Å². The monoisotopic (exact) mass is 884 g/mol. The van der Waals surface area contributed by atoms with E-state index in [1.54, 1.807) is 0 Å². The number of hydrogen-bond acceptors (Lipinski definition) is 0. The molecule has 0 saturated heterocycles. The molecule has 16 aromatic rings. The molecule has 0 nitrogen and oxygen atoms in total. The third-order valence-electron chi connectivity index (χ3n) is 17.4. The molecule has 0 bridgehead atoms. The molecule has 1 aliphatic carbocycles. The Labute approximate surface area is 404 Å². The van der Waals surface area contributed by atoms with Crippen LogP contribution in [0, 0.1) is 41.5 Å². The van der Waals surface area contributed by atoms with E-state index < -0.39 is 0 Å². The third kappa shape index (κ3) is 4.30. The van der Waals surface area contributed by atoms with Crippen molar-refractivity contribution in [3.05, 3.63) is 191 Å². The Morgan fingerprint density at radius 3 is 0.900 bits per heavy atom. The van der Waals surface area contributed by atoms with Crippen LogP contribution in [0.25, 0.3) is 174 Å². The van der Waals surface area contributed by atoms with E-state index in [2.05, 4.69) is 199 Å². The number of hydrogen-bond donors (Lipinski definition) is 0. The first kappa shape index (κ1) is 37.6. The van der Waals surface area contributed by atoms with E-state index in [-0.39, 0.29) is 0 Å². The lowest BCUT2D eigenvalue weighted by atomic mass is 9.86. The molecule has 0 N–H and O–H groups in total. The van der Waals surface area contributed by atoms with Gasteiger partial charge in [-0.15, -0.1) is 0 Å². The standard InChI is InChI=1S/C70H44/c1-33-7-13-39(14-8-33)59-67-50-25-19-44-42-17-23-48-56-37(5)11-12-38(6)57(56)49-24-18-43(61(42)64(48)49)45-20-26-51(65(50)62(44)45)68(67)60(40-15-9-34(2)10-16-40)70-53-28-22-47-55-32-36(4)30-41-29-35(3)31-54(58(41)55)46-21-27-52(69(59)70)66(53)63(46)47/h7-32H,1-6H3. The van der Waals surface area contributed by atoms with Gasteiger partial charge >= 0.3 is 0 Å². The van der Waals surface area contributed by atoms with Crippen LogP contribution in [0.2, 0.25) is 0 Å². The van der Waals surface area contributed by atoms with Gasteiger partial charge in [0.1, 0.15) is 0 Å². The average Bonchev–Trinajstić information content (AvgIpc) is 4.02. The SMILES string of the molecule is Cc1ccc(-c2c3c4ccc5c6cc(C)cc7cc(C)cc(c8ccc(c3c(-c3ccc(C)cc3)c3c9ccc%10c%11ccc%12c%13c(ccc(c%14ccc(c23)c9c%14%10)c%13%11)-c2c(C)ccc(C)c2-%12)c4c58)c76)cc1. The first-order valence-electron chi connectivity index (χ1n) is 25.1. The van der Waals surface area contributed by atoms with Gasteiger partial charge in [-0.05, 0) is 238 Å². The lowest BCUT2D eigenvalue weighted by molar-refractivity contribution is 1.41. The van der Waals surface area contributed by atoms with Gasteiger partial charge in [-0.3, -0.25) is 0 Å². The third-order valence-corrected chi connectivity index (χ3v) is 17.4. The fourth-order valence-electron chi connectivity index (χ4n) is 14.7. The second-order valence-corrected chi connectivity index (χ2v) is 21.4. The molecular weight excluding hydrogens is 841 g/mol. The summed E-state index contributed by atoms with van der Waals surface area (Å²) in [5.74, 6) is 0. The maximum Gasteiger partial charge on any atom is -0.000717 e. The Kier molecular flexibility index (Phi) is 6.70. The van der Waals surface area contributed by atoms with Crippen LogP contribution < -0.4 is 0 Å². The van der Waals surface area contributed by atoms with Gasteiger partial charge < -0.3 is 0 Å². The Balaban J connectivity index is 1.11. The predicted molar refractivity (Wildman–Crippen MR) is 305 cm³/mol. The molecule has 0 fully saturated rings. The maximum absolute atomic E-state index is 2.50. The molecule has 0 spiro atoms. The van der Waals surface area contributed by atoms with Crippen molar-refractivity contribution in [1.82, 2.24) is 0 Å². The Morgan fingerprint density at radius 2 is 0.514 bits per heavy atom. The van der Waals surface area contributed by atoms with Gasteiger partial charge in [-0.1, -0.05) is 169 Å². The van der Waals surface area contributed by atoms with E-state index in [1.165, 1.54) is 207 Å². The molecule has 324 valence electrons. The molecule has 1 aliphatic rings. The fraction of sp³-hybridized carbons (Fsp3) is 0.0857. The van der Waals surface area contributed by atoms with Crippen LogP contribution in [0.15, 0.2) is 158 Å². The van der Waals surface area contributed by atoms with Crippen molar-refractivity contribution in [2.24, 2.45) is 0 Å². The number of benzene rings is 14. The molecule has 0 atom stereocenters. The van der Waals surface area contributed by atoms with Crippen LogP contribution in [0.4, 0.5) is 0 Å². The molecule has 0 aromatic heterocycles. The van der Waals surface area contributed by atoms with E-state index in [9.17, 15) is 0 Å². The normalized spacial score (nSPS) is 13.0. The summed E-state index contributed by atoms with van der Waals surface area (Å²) in [7, 11) is 0. The highest BCUT2D eigenvalue weighted by atomic mass is 14.3. The summed E-state index contributed by atoms with van der Waals surface area (Å²) in [6.07, 6.45) is 0. The second-order valence-electron chi connectivity index (χ2n) is 21.4. The van der Waals surface area contributed by atoms with Crippen LogP contribution in [-0.2, 0) is 0 Å². The molecule has 0 radical (unpaired) electrons. The smallest absolute Gasteiger partial charge is 0.000717 e. The van der Waals surface area contributed by atoms with E-state index in [0.717, 1.165) is 0 Å². The van der Waals surface area contributed by atoms with Crippen molar-refractivity contribution in [3.8, 4) is 44.5 Å². The number of fused-ring (bicyclic) bond motifs is 13. The molecule has 0 heteroatoms. The van der Waals surface area contributed by atoms with Crippen molar-refractivity contribution in [2.75, 3.05) is 0 Å². The zero-order valence-corrected chi connectivity index (χ0v) is 40.0. The van der Waals surface area contributed by atoms with Gasteiger partial charge in [0.2, 0.25) is 0 Å². The summed E-state index contributed by atoms with van der Waals surface area (Å²) in [5, 5.41) is 32.6. The minimum Gasteiger partial charge on any atom is -0.0587 e. The number of rotatable bonds is 2. The van der Waals surface area contributed by atoms with Crippen molar-refractivity contribution >= 4 is 129 Å². The molecule has 0 unspecified atom stereocenters. The Bertz CT molecular complexity index is 4760. The van der Waals surface area contributed by atoms with Gasteiger partial charge in [-0.25, -0.2) is 0 Å². The largest absolute Gasteiger partial charge is 0.0587 e. The van der Waals surface area contributed by atoms with Crippen LogP contribution >= 0.6 is 0 Å². The molecule has 0 aliphatic heterocycles. The number of aryl methyl sites for hydroxylation is 6. The predicted octanol–water partition coefficient (Wildman–Crippen LogP) is 20.1. The Hall–Kier alpha value is -8.32. The van der Waals surface area contributed by atoms with Crippen LogP contribution in [0.1, 0.15) is 33.4 Å². The minimum atomic E-state index is 1.27. The van der Waals surface area contributed by atoms with Crippen molar-refractivity contribution in [2.45, 2.75) is 41.5 Å². The van der Waals surface area contributed by atoms with Crippen LogP contribution in [0.3, 0.4) is 0 Å². The van der Waals surface area contributed by atoms with Gasteiger partial charge in [0, 0.05) is 0 Å². The molecule has 0 amide bonds. The summed E-state index contributed by atoms with van der Waals surface area (Å²) in [5.41, 5.74) is 18.6. The Morgan fingerprint density at radius 1 is 0.200 bits per heavy atom. The molecule has 0 saturated carbocycles.